The third-order valence-electron chi connectivity index (χ3n) is 5.47. The van der Waals surface area contributed by atoms with Crippen LogP contribution >= 0.6 is 27.7 Å². The highest BCUT2D eigenvalue weighted by atomic mass is 79.9. The van der Waals surface area contributed by atoms with Crippen LogP contribution in [-0.2, 0) is 16.2 Å². The third-order valence-corrected chi connectivity index (χ3v) is 7.06. The SMILES string of the molecule is CCOc1cc(/C=C2\SC(=O)N(CC(=O)Nc3ccc(F)cc3)C2=O)c(Br)cc1OCc1ccc(C)cc1. The number of rotatable bonds is 9. The number of aryl methyl sites for hydroxylation is 1. The number of ether oxygens (including phenoxy) is 2. The van der Waals surface area contributed by atoms with Gasteiger partial charge in [-0.15, -0.1) is 0 Å². The van der Waals surface area contributed by atoms with Crippen LogP contribution in [0.25, 0.3) is 6.08 Å². The predicted molar refractivity (Wildman–Crippen MR) is 149 cm³/mol. The Bertz CT molecular complexity index is 1390. The molecule has 1 aliphatic heterocycles. The van der Waals surface area contributed by atoms with Gasteiger partial charge in [0.1, 0.15) is 19.0 Å². The first kappa shape index (κ1) is 27.4. The minimum atomic E-state index is -0.584. The summed E-state index contributed by atoms with van der Waals surface area (Å²) in [4.78, 5) is 38.9. The fraction of sp³-hybridized carbons (Fsp3) is 0.179. The molecule has 3 amide bonds. The van der Waals surface area contributed by atoms with Gasteiger partial charge in [-0.05, 0) is 79.2 Å². The van der Waals surface area contributed by atoms with Crippen molar-refractivity contribution in [3.05, 3.63) is 92.5 Å². The van der Waals surface area contributed by atoms with Gasteiger partial charge in [0, 0.05) is 10.2 Å². The molecule has 0 aromatic heterocycles. The zero-order valence-corrected chi connectivity index (χ0v) is 23.0. The summed E-state index contributed by atoms with van der Waals surface area (Å²) >= 11 is 4.26. The molecule has 4 rings (SSSR count). The van der Waals surface area contributed by atoms with Gasteiger partial charge >= 0.3 is 0 Å². The smallest absolute Gasteiger partial charge is 0.294 e. The van der Waals surface area contributed by atoms with Gasteiger partial charge in [0.2, 0.25) is 5.91 Å². The maximum absolute atomic E-state index is 13.1. The number of halogens is 2. The van der Waals surface area contributed by atoms with Crippen molar-refractivity contribution in [1.29, 1.82) is 0 Å². The van der Waals surface area contributed by atoms with Crippen LogP contribution in [-0.4, -0.2) is 35.1 Å². The fourth-order valence-electron chi connectivity index (χ4n) is 3.54. The summed E-state index contributed by atoms with van der Waals surface area (Å²) < 4.78 is 25.5. The average Bonchev–Trinajstić information content (AvgIpc) is 3.14. The van der Waals surface area contributed by atoms with Gasteiger partial charge in [0.15, 0.2) is 11.5 Å². The van der Waals surface area contributed by atoms with Crippen LogP contribution in [0.4, 0.5) is 14.9 Å². The van der Waals surface area contributed by atoms with E-state index in [2.05, 4.69) is 21.2 Å². The second-order valence-corrected chi connectivity index (χ2v) is 10.2. The van der Waals surface area contributed by atoms with E-state index in [0.717, 1.165) is 27.8 Å². The van der Waals surface area contributed by atoms with Gasteiger partial charge in [-0.25, -0.2) is 4.39 Å². The lowest BCUT2D eigenvalue weighted by molar-refractivity contribution is -0.127. The van der Waals surface area contributed by atoms with Crippen LogP contribution in [0, 0.1) is 12.7 Å². The van der Waals surface area contributed by atoms with E-state index in [4.69, 9.17) is 9.47 Å². The van der Waals surface area contributed by atoms with Gasteiger partial charge in [-0.3, -0.25) is 19.3 Å². The molecule has 0 unspecified atom stereocenters. The Kier molecular flexibility index (Phi) is 8.85. The van der Waals surface area contributed by atoms with E-state index in [-0.39, 0.29) is 4.91 Å². The number of carbonyl (C=O) groups excluding carboxylic acids is 3. The summed E-state index contributed by atoms with van der Waals surface area (Å²) in [6.45, 7) is 4.17. The van der Waals surface area contributed by atoms with E-state index in [1.165, 1.54) is 24.3 Å². The molecule has 3 aromatic carbocycles. The molecular weight excluding hydrogens is 575 g/mol. The lowest BCUT2D eigenvalue weighted by Gasteiger charge is -2.14. The molecule has 0 spiro atoms. The average molecular weight is 599 g/mol. The molecule has 196 valence electrons. The lowest BCUT2D eigenvalue weighted by Crippen LogP contribution is -2.36. The summed E-state index contributed by atoms with van der Waals surface area (Å²) in [6, 6.07) is 16.7. The van der Waals surface area contributed by atoms with Crippen molar-refractivity contribution in [2.45, 2.75) is 20.5 Å². The molecule has 0 aliphatic carbocycles. The molecule has 0 atom stereocenters. The van der Waals surface area contributed by atoms with Gasteiger partial charge in [0.05, 0.1) is 11.5 Å². The van der Waals surface area contributed by atoms with E-state index in [1.54, 1.807) is 18.2 Å². The zero-order chi connectivity index (χ0) is 27.2. The molecular formula is C28H24BrFN2O5S. The Morgan fingerprint density at radius 2 is 1.74 bits per heavy atom. The number of anilines is 1. The number of nitrogens with zero attached hydrogens (tertiary/aromatic N) is 1. The van der Waals surface area contributed by atoms with Crippen molar-refractivity contribution in [1.82, 2.24) is 4.90 Å². The molecule has 3 aromatic rings. The standard InChI is InChI=1S/C28H24BrFN2O5S/c1-3-36-23-12-19(22(29)14-24(23)37-16-18-6-4-17(2)5-7-18)13-25-27(34)32(28(35)38-25)15-26(33)31-21-10-8-20(30)9-11-21/h4-14H,3,15-16H2,1-2H3,(H,31,33)/b25-13-. The van der Waals surface area contributed by atoms with E-state index in [0.29, 0.717) is 40.4 Å². The largest absolute Gasteiger partial charge is 0.490 e. The quantitative estimate of drug-likeness (QED) is 0.281. The highest BCUT2D eigenvalue weighted by molar-refractivity contribution is 9.10. The van der Waals surface area contributed by atoms with Crippen LogP contribution in [0.3, 0.4) is 0 Å². The van der Waals surface area contributed by atoms with Crippen LogP contribution in [0.1, 0.15) is 23.6 Å². The summed E-state index contributed by atoms with van der Waals surface area (Å²) in [5.41, 5.74) is 3.14. The molecule has 38 heavy (non-hydrogen) atoms. The Hall–Kier alpha value is -3.63. The topological polar surface area (TPSA) is 84.9 Å². The highest BCUT2D eigenvalue weighted by Gasteiger charge is 2.36. The molecule has 1 saturated heterocycles. The van der Waals surface area contributed by atoms with Crippen molar-refractivity contribution in [2.75, 3.05) is 18.5 Å². The van der Waals surface area contributed by atoms with E-state index < -0.39 is 29.4 Å². The van der Waals surface area contributed by atoms with E-state index >= 15 is 0 Å². The first-order valence-electron chi connectivity index (χ1n) is 11.7. The maximum Gasteiger partial charge on any atom is 0.294 e. The maximum atomic E-state index is 13.1. The van der Waals surface area contributed by atoms with Crippen LogP contribution < -0.4 is 14.8 Å². The fourth-order valence-corrected chi connectivity index (χ4v) is 4.81. The molecule has 0 saturated carbocycles. The third kappa shape index (κ3) is 6.81. The van der Waals surface area contributed by atoms with Gasteiger partial charge < -0.3 is 14.8 Å². The van der Waals surface area contributed by atoms with Crippen LogP contribution in [0.15, 0.2) is 70.0 Å². The minimum Gasteiger partial charge on any atom is -0.490 e. The van der Waals surface area contributed by atoms with Crippen molar-refractivity contribution in [3.63, 3.8) is 0 Å². The number of hydrogen-bond acceptors (Lipinski definition) is 6. The molecule has 1 N–H and O–H groups in total. The number of imide groups is 1. The van der Waals surface area contributed by atoms with E-state index in [9.17, 15) is 18.8 Å². The number of amides is 3. The Balaban J connectivity index is 1.48. The van der Waals surface area contributed by atoms with Gasteiger partial charge in [-0.1, -0.05) is 45.8 Å². The summed E-state index contributed by atoms with van der Waals surface area (Å²) in [7, 11) is 0. The molecule has 1 heterocycles. The monoisotopic (exact) mass is 598 g/mol. The van der Waals surface area contributed by atoms with Crippen molar-refractivity contribution < 1.29 is 28.2 Å². The predicted octanol–water partition coefficient (Wildman–Crippen LogP) is 6.55. The lowest BCUT2D eigenvalue weighted by atomic mass is 10.1. The van der Waals surface area contributed by atoms with Crippen molar-refractivity contribution in [2.24, 2.45) is 0 Å². The first-order valence-corrected chi connectivity index (χ1v) is 13.3. The second-order valence-electron chi connectivity index (χ2n) is 8.35. The number of thioether (sulfide) groups is 1. The van der Waals surface area contributed by atoms with Crippen molar-refractivity contribution >= 4 is 56.5 Å². The zero-order valence-electron chi connectivity index (χ0n) is 20.6. The summed E-state index contributed by atoms with van der Waals surface area (Å²) in [6.07, 6.45) is 1.57. The Morgan fingerprint density at radius 3 is 2.42 bits per heavy atom. The highest BCUT2D eigenvalue weighted by Crippen LogP contribution is 2.38. The Labute approximate surface area is 232 Å². The normalized spacial score (nSPS) is 14.2. The summed E-state index contributed by atoms with van der Waals surface area (Å²) in [5, 5.41) is 1.99. The molecule has 7 nitrogen and oxygen atoms in total. The summed E-state index contributed by atoms with van der Waals surface area (Å²) in [5.74, 6) is -0.577. The van der Waals surface area contributed by atoms with Gasteiger partial charge in [-0.2, -0.15) is 0 Å². The minimum absolute atomic E-state index is 0.168. The second kappa shape index (κ2) is 12.3. The molecule has 1 aliphatic rings. The number of hydrogen-bond donors (Lipinski definition) is 1. The molecule has 0 radical (unpaired) electrons. The van der Waals surface area contributed by atoms with Crippen LogP contribution in [0.2, 0.25) is 0 Å². The molecule has 10 heteroatoms. The first-order chi connectivity index (χ1) is 18.2. The van der Waals surface area contributed by atoms with Crippen molar-refractivity contribution in [3.8, 4) is 11.5 Å². The Morgan fingerprint density at radius 1 is 1.05 bits per heavy atom. The van der Waals surface area contributed by atoms with Crippen LogP contribution in [0.5, 0.6) is 11.5 Å². The molecule has 1 fully saturated rings. The van der Waals surface area contributed by atoms with E-state index in [1.807, 2.05) is 38.1 Å². The number of nitrogens with one attached hydrogen (secondary N) is 1. The number of benzene rings is 3. The molecule has 0 bridgehead atoms. The number of carbonyl (C=O) groups is 3. The van der Waals surface area contributed by atoms with Gasteiger partial charge in [0.25, 0.3) is 11.1 Å².